The number of likely N-dealkylation sites (tertiary alicyclic amines) is 1. The summed E-state index contributed by atoms with van der Waals surface area (Å²) < 4.78 is 16.7. The van der Waals surface area contributed by atoms with E-state index in [-0.39, 0.29) is 18.6 Å². The molecular formula is C17H23NO4. The minimum Gasteiger partial charge on any atom is -0.493 e. The lowest BCUT2D eigenvalue weighted by Crippen LogP contribution is -2.34. The summed E-state index contributed by atoms with van der Waals surface area (Å²) in [7, 11) is 1.59. The molecule has 0 aromatic heterocycles. The summed E-state index contributed by atoms with van der Waals surface area (Å²) in [6, 6.07) is 7.35. The molecule has 2 fully saturated rings. The molecule has 1 unspecified atom stereocenters. The normalized spacial score (nSPS) is 21.0. The number of nitrogens with zero attached hydrogens (tertiary/aromatic N) is 1. The van der Waals surface area contributed by atoms with Gasteiger partial charge in [-0.2, -0.15) is 0 Å². The van der Waals surface area contributed by atoms with E-state index in [1.165, 1.54) is 12.8 Å². The lowest BCUT2D eigenvalue weighted by Gasteiger charge is -2.17. The highest BCUT2D eigenvalue weighted by atomic mass is 16.5. The molecule has 5 heteroatoms. The van der Waals surface area contributed by atoms with Crippen molar-refractivity contribution in [3.8, 4) is 11.5 Å². The Morgan fingerprint density at radius 2 is 2.00 bits per heavy atom. The molecule has 3 rings (SSSR count). The van der Waals surface area contributed by atoms with E-state index in [1.54, 1.807) is 13.2 Å². The summed E-state index contributed by atoms with van der Waals surface area (Å²) in [5, 5.41) is 0. The van der Waals surface area contributed by atoms with Crippen molar-refractivity contribution in [2.75, 3.05) is 33.4 Å². The fraction of sp³-hybridized carbons (Fsp3) is 0.588. The van der Waals surface area contributed by atoms with Crippen molar-refractivity contribution in [2.24, 2.45) is 5.92 Å². The second-order valence-electron chi connectivity index (χ2n) is 5.97. The van der Waals surface area contributed by atoms with Gasteiger partial charge in [-0.3, -0.25) is 4.79 Å². The molecule has 1 heterocycles. The number of hydrogen-bond acceptors (Lipinski definition) is 4. The summed E-state index contributed by atoms with van der Waals surface area (Å²) in [6.07, 6.45) is 3.70. The van der Waals surface area contributed by atoms with Gasteiger partial charge in [0.15, 0.2) is 18.1 Å². The maximum atomic E-state index is 12.2. The SMILES string of the molecule is COc1ccccc1OCC(=O)N1CCC(OCC2CC2)C1. The Kier molecular flexibility index (Phi) is 4.83. The number of carbonyl (C=O) groups is 1. The lowest BCUT2D eigenvalue weighted by atomic mass is 10.3. The number of amides is 1. The Morgan fingerprint density at radius 1 is 1.23 bits per heavy atom. The molecule has 1 aliphatic carbocycles. The highest BCUT2D eigenvalue weighted by Crippen LogP contribution is 2.30. The van der Waals surface area contributed by atoms with Crippen molar-refractivity contribution in [1.29, 1.82) is 0 Å². The molecular weight excluding hydrogens is 282 g/mol. The molecule has 1 saturated heterocycles. The predicted octanol–water partition coefficient (Wildman–Crippen LogP) is 2.10. The fourth-order valence-electron chi connectivity index (χ4n) is 2.62. The monoisotopic (exact) mass is 305 g/mol. The Morgan fingerprint density at radius 3 is 2.73 bits per heavy atom. The third-order valence-electron chi connectivity index (χ3n) is 4.18. The predicted molar refractivity (Wildman–Crippen MR) is 82.2 cm³/mol. The molecule has 1 aromatic rings. The van der Waals surface area contributed by atoms with Crippen molar-refractivity contribution in [1.82, 2.24) is 4.90 Å². The highest BCUT2D eigenvalue weighted by molar-refractivity contribution is 5.78. The van der Waals surface area contributed by atoms with E-state index in [0.29, 0.717) is 18.0 Å². The Bertz CT molecular complexity index is 515. The van der Waals surface area contributed by atoms with Crippen molar-refractivity contribution < 1.29 is 19.0 Å². The van der Waals surface area contributed by atoms with Gasteiger partial charge in [-0.15, -0.1) is 0 Å². The van der Waals surface area contributed by atoms with E-state index in [4.69, 9.17) is 14.2 Å². The molecule has 0 bridgehead atoms. The topological polar surface area (TPSA) is 48.0 Å². The molecule has 1 aromatic carbocycles. The van der Waals surface area contributed by atoms with Gasteiger partial charge in [0.2, 0.25) is 0 Å². The van der Waals surface area contributed by atoms with E-state index in [2.05, 4.69) is 0 Å². The summed E-state index contributed by atoms with van der Waals surface area (Å²) in [4.78, 5) is 14.0. The van der Waals surface area contributed by atoms with Crippen LogP contribution in [0.15, 0.2) is 24.3 Å². The lowest BCUT2D eigenvalue weighted by molar-refractivity contribution is -0.132. The second kappa shape index (κ2) is 7.01. The number of hydrogen-bond donors (Lipinski definition) is 0. The molecule has 1 saturated carbocycles. The van der Waals surface area contributed by atoms with E-state index >= 15 is 0 Å². The minimum absolute atomic E-state index is 0.00317. The molecule has 5 nitrogen and oxygen atoms in total. The number of carbonyl (C=O) groups excluding carboxylic acids is 1. The first kappa shape index (κ1) is 15.2. The van der Waals surface area contributed by atoms with E-state index in [1.807, 2.05) is 23.1 Å². The van der Waals surface area contributed by atoms with Crippen LogP contribution in [0.2, 0.25) is 0 Å². The molecule has 0 spiro atoms. The van der Waals surface area contributed by atoms with Crippen molar-refractivity contribution in [2.45, 2.75) is 25.4 Å². The molecule has 1 aliphatic heterocycles. The van der Waals surface area contributed by atoms with Gasteiger partial charge in [0.25, 0.3) is 5.91 Å². The molecule has 1 atom stereocenters. The Labute approximate surface area is 131 Å². The van der Waals surface area contributed by atoms with Gasteiger partial charge in [0.1, 0.15) is 0 Å². The fourth-order valence-corrected chi connectivity index (χ4v) is 2.62. The van der Waals surface area contributed by atoms with Gasteiger partial charge < -0.3 is 19.1 Å². The number of para-hydroxylation sites is 2. The van der Waals surface area contributed by atoms with Crippen LogP contribution in [0.1, 0.15) is 19.3 Å². The maximum absolute atomic E-state index is 12.2. The molecule has 1 amide bonds. The van der Waals surface area contributed by atoms with E-state index in [0.717, 1.165) is 25.5 Å². The molecule has 0 radical (unpaired) electrons. The average Bonchev–Trinajstić information content (AvgIpc) is 3.27. The van der Waals surface area contributed by atoms with Gasteiger partial charge in [-0.1, -0.05) is 12.1 Å². The maximum Gasteiger partial charge on any atom is 0.260 e. The quantitative estimate of drug-likeness (QED) is 0.774. The smallest absolute Gasteiger partial charge is 0.260 e. The third-order valence-corrected chi connectivity index (χ3v) is 4.18. The van der Waals surface area contributed by atoms with Crippen LogP contribution >= 0.6 is 0 Å². The zero-order valence-corrected chi connectivity index (χ0v) is 13.0. The van der Waals surface area contributed by atoms with Crippen LogP contribution < -0.4 is 9.47 Å². The number of rotatable bonds is 7. The van der Waals surface area contributed by atoms with Crippen LogP contribution in [-0.4, -0.2) is 50.3 Å². The third kappa shape index (κ3) is 3.91. The largest absolute Gasteiger partial charge is 0.493 e. The second-order valence-corrected chi connectivity index (χ2v) is 5.97. The van der Waals surface area contributed by atoms with Gasteiger partial charge in [0.05, 0.1) is 13.2 Å². The van der Waals surface area contributed by atoms with Crippen LogP contribution in [0.5, 0.6) is 11.5 Å². The van der Waals surface area contributed by atoms with Crippen molar-refractivity contribution in [3.63, 3.8) is 0 Å². The van der Waals surface area contributed by atoms with Crippen LogP contribution in [0.4, 0.5) is 0 Å². The summed E-state index contributed by atoms with van der Waals surface area (Å²) in [5.41, 5.74) is 0. The molecule has 2 aliphatic rings. The summed E-state index contributed by atoms with van der Waals surface area (Å²) in [5.74, 6) is 2.00. The summed E-state index contributed by atoms with van der Waals surface area (Å²) >= 11 is 0. The Hall–Kier alpha value is -1.75. The summed E-state index contributed by atoms with van der Waals surface area (Å²) in [6.45, 7) is 2.32. The highest BCUT2D eigenvalue weighted by Gasteiger charge is 2.29. The van der Waals surface area contributed by atoms with E-state index < -0.39 is 0 Å². The van der Waals surface area contributed by atoms with Crippen LogP contribution in [0.3, 0.4) is 0 Å². The number of benzene rings is 1. The van der Waals surface area contributed by atoms with E-state index in [9.17, 15) is 4.79 Å². The molecule has 22 heavy (non-hydrogen) atoms. The first-order valence-corrected chi connectivity index (χ1v) is 7.91. The van der Waals surface area contributed by atoms with Crippen molar-refractivity contribution >= 4 is 5.91 Å². The van der Waals surface area contributed by atoms with Gasteiger partial charge >= 0.3 is 0 Å². The first-order chi connectivity index (χ1) is 10.8. The zero-order chi connectivity index (χ0) is 15.4. The van der Waals surface area contributed by atoms with Gasteiger partial charge in [0, 0.05) is 19.7 Å². The van der Waals surface area contributed by atoms with Crippen LogP contribution in [0, 0.1) is 5.92 Å². The molecule has 0 N–H and O–H groups in total. The number of ether oxygens (including phenoxy) is 3. The zero-order valence-electron chi connectivity index (χ0n) is 13.0. The first-order valence-electron chi connectivity index (χ1n) is 7.91. The molecule has 120 valence electrons. The number of methoxy groups -OCH3 is 1. The average molecular weight is 305 g/mol. The Balaban J connectivity index is 1.43. The van der Waals surface area contributed by atoms with Crippen LogP contribution in [-0.2, 0) is 9.53 Å². The van der Waals surface area contributed by atoms with Gasteiger partial charge in [-0.05, 0) is 37.3 Å². The van der Waals surface area contributed by atoms with Gasteiger partial charge in [-0.25, -0.2) is 0 Å². The van der Waals surface area contributed by atoms with Crippen molar-refractivity contribution in [3.05, 3.63) is 24.3 Å². The van der Waals surface area contributed by atoms with Crippen LogP contribution in [0.25, 0.3) is 0 Å². The standard InChI is InChI=1S/C17H23NO4/c1-20-15-4-2-3-5-16(15)22-12-17(19)18-9-8-14(10-18)21-11-13-6-7-13/h2-5,13-14H,6-12H2,1H3. The minimum atomic E-state index is 0.00317.